The van der Waals surface area contributed by atoms with E-state index in [2.05, 4.69) is 9.47 Å². The van der Waals surface area contributed by atoms with Crippen LogP contribution in [0, 0.1) is 7.14 Å². The molecule has 0 saturated carbocycles. The van der Waals surface area contributed by atoms with E-state index in [4.69, 9.17) is 9.47 Å². The van der Waals surface area contributed by atoms with Crippen molar-refractivity contribution in [2.24, 2.45) is 0 Å². The van der Waals surface area contributed by atoms with Crippen LogP contribution in [0.3, 0.4) is 0 Å². The van der Waals surface area contributed by atoms with Crippen molar-refractivity contribution in [1.29, 1.82) is 0 Å². The molecule has 0 bridgehead atoms. The van der Waals surface area contributed by atoms with Crippen molar-refractivity contribution in [1.82, 2.24) is 0 Å². The number of ether oxygens (including phenoxy) is 4. The lowest BCUT2D eigenvalue weighted by Crippen LogP contribution is -2.47. The van der Waals surface area contributed by atoms with E-state index in [9.17, 15) is 19.2 Å². The molecule has 0 N–H and O–H groups in total. The predicted octanol–water partition coefficient (Wildman–Crippen LogP) is 2.99. The Balaban J connectivity index is 2.36. The molecule has 8 nitrogen and oxygen atoms in total. The minimum absolute atomic E-state index is 0.166. The third-order valence-corrected chi connectivity index (χ3v) is 5.68. The zero-order valence-corrected chi connectivity index (χ0v) is 20.1. The highest BCUT2D eigenvalue weighted by Gasteiger charge is 2.42. The quantitative estimate of drug-likeness (QED) is 0.259. The Labute approximate surface area is 199 Å². The fraction of sp³-hybridized carbons (Fsp3) is 0.200. The molecule has 0 radical (unpaired) electrons. The van der Waals surface area contributed by atoms with E-state index in [0.29, 0.717) is 7.14 Å². The van der Waals surface area contributed by atoms with Gasteiger partial charge in [-0.3, -0.25) is 0 Å². The van der Waals surface area contributed by atoms with Gasteiger partial charge in [0.05, 0.1) is 25.3 Å². The summed E-state index contributed by atoms with van der Waals surface area (Å²) in [5.41, 5.74) is 0.333. The summed E-state index contributed by atoms with van der Waals surface area (Å²) >= 11 is 3.85. The third-order valence-electron chi connectivity index (χ3n) is 3.80. The standard InChI is InChI=1S/C20H16I2O8/c1-27-19(25)15(29-17(23)11-7-3-5-9-13(11)21)16(20(26)28-2)30-18(24)12-8-4-6-10-14(12)22/h3-10,15-16H,1-2H3/t15-,16?/m1/s1. The van der Waals surface area contributed by atoms with Crippen LogP contribution in [0.1, 0.15) is 20.7 Å². The highest BCUT2D eigenvalue weighted by atomic mass is 127. The number of methoxy groups -OCH3 is 2. The van der Waals surface area contributed by atoms with Crippen LogP contribution in [0.2, 0.25) is 0 Å². The SMILES string of the molecule is COC(=O)C(OC(=O)c1ccccc1I)[C@@H](OC(=O)c1ccccc1I)C(=O)OC. The smallest absolute Gasteiger partial charge is 0.351 e. The van der Waals surface area contributed by atoms with Gasteiger partial charge in [0.1, 0.15) is 0 Å². The molecule has 30 heavy (non-hydrogen) atoms. The molecule has 2 aromatic carbocycles. The molecule has 10 heteroatoms. The number of hydrogen-bond acceptors (Lipinski definition) is 8. The summed E-state index contributed by atoms with van der Waals surface area (Å²) in [7, 11) is 2.09. The number of rotatable bonds is 7. The Morgan fingerprint density at radius 1 is 0.667 bits per heavy atom. The largest absolute Gasteiger partial charge is 0.466 e. The molecule has 2 atom stereocenters. The Bertz CT molecular complexity index is 882. The van der Waals surface area contributed by atoms with Crippen molar-refractivity contribution in [3.63, 3.8) is 0 Å². The van der Waals surface area contributed by atoms with Gasteiger partial charge in [0.2, 0.25) is 12.2 Å². The van der Waals surface area contributed by atoms with Crippen LogP contribution in [0.4, 0.5) is 0 Å². The maximum atomic E-state index is 12.6. The summed E-state index contributed by atoms with van der Waals surface area (Å²) in [4.78, 5) is 49.8. The van der Waals surface area contributed by atoms with Gasteiger partial charge < -0.3 is 18.9 Å². The van der Waals surface area contributed by atoms with Crippen LogP contribution in [0.5, 0.6) is 0 Å². The summed E-state index contributed by atoms with van der Waals surface area (Å²) in [5, 5.41) is 0. The van der Waals surface area contributed by atoms with Crippen molar-refractivity contribution >= 4 is 69.1 Å². The fourth-order valence-corrected chi connectivity index (χ4v) is 3.53. The highest BCUT2D eigenvalue weighted by Crippen LogP contribution is 2.19. The number of esters is 4. The lowest BCUT2D eigenvalue weighted by molar-refractivity contribution is -0.170. The molecule has 0 aliphatic rings. The molecule has 2 rings (SSSR count). The van der Waals surface area contributed by atoms with E-state index in [1.807, 2.05) is 45.2 Å². The molecule has 0 amide bonds. The summed E-state index contributed by atoms with van der Waals surface area (Å²) in [6.45, 7) is 0. The summed E-state index contributed by atoms with van der Waals surface area (Å²) in [5.74, 6) is -3.95. The first kappa shape index (κ1) is 24.1. The van der Waals surface area contributed by atoms with E-state index in [1.165, 1.54) is 12.1 Å². The maximum Gasteiger partial charge on any atom is 0.351 e. The molecule has 0 heterocycles. The molecule has 0 spiro atoms. The van der Waals surface area contributed by atoms with Gasteiger partial charge in [-0.05, 0) is 69.4 Å². The van der Waals surface area contributed by atoms with Crippen molar-refractivity contribution < 1.29 is 38.1 Å². The van der Waals surface area contributed by atoms with Gasteiger partial charge in [0.25, 0.3) is 0 Å². The molecule has 0 fully saturated rings. The van der Waals surface area contributed by atoms with E-state index in [-0.39, 0.29) is 11.1 Å². The van der Waals surface area contributed by atoms with Gasteiger partial charge in [0.15, 0.2) is 0 Å². The fourth-order valence-electron chi connectivity index (χ4n) is 2.31. The van der Waals surface area contributed by atoms with Gasteiger partial charge in [-0.1, -0.05) is 24.3 Å². The normalized spacial score (nSPS) is 12.3. The van der Waals surface area contributed by atoms with Crippen LogP contribution in [0.15, 0.2) is 48.5 Å². The Kier molecular flexibility index (Phi) is 9.02. The second-order valence-electron chi connectivity index (χ2n) is 5.66. The van der Waals surface area contributed by atoms with Crippen LogP contribution in [-0.4, -0.2) is 50.3 Å². The first-order valence-electron chi connectivity index (χ1n) is 8.36. The summed E-state index contributed by atoms with van der Waals surface area (Å²) in [6.07, 6.45) is -3.73. The van der Waals surface area contributed by atoms with Gasteiger partial charge in [0, 0.05) is 7.14 Å². The zero-order valence-electron chi connectivity index (χ0n) is 15.8. The Morgan fingerprint density at radius 2 is 1.00 bits per heavy atom. The molecular formula is C20H16I2O8. The van der Waals surface area contributed by atoms with Crippen molar-refractivity contribution in [2.75, 3.05) is 14.2 Å². The number of halogens is 2. The van der Waals surface area contributed by atoms with Crippen molar-refractivity contribution in [3.05, 3.63) is 66.8 Å². The number of carbonyl (C=O) groups is 4. The average molecular weight is 638 g/mol. The van der Waals surface area contributed by atoms with Gasteiger partial charge >= 0.3 is 23.9 Å². The highest BCUT2D eigenvalue weighted by molar-refractivity contribution is 14.1. The van der Waals surface area contributed by atoms with Crippen LogP contribution >= 0.6 is 45.2 Å². The van der Waals surface area contributed by atoms with Gasteiger partial charge in [-0.2, -0.15) is 0 Å². The minimum atomic E-state index is -1.86. The Hall–Kier alpha value is -2.22. The van der Waals surface area contributed by atoms with Crippen molar-refractivity contribution in [2.45, 2.75) is 12.2 Å². The molecule has 0 aromatic heterocycles. The van der Waals surface area contributed by atoms with Crippen LogP contribution in [0.25, 0.3) is 0 Å². The molecule has 0 aliphatic carbocycles. The van der Waals surface area contributed by atoms with Crippen LogP contribution < -0.4 is 0 Å². The molecule has 158 valence electrons. The van der Waals surface area contributed by atoms with E-state index in [1.54, 1.807) is 36.4 Å². The predicted molar refractivity (Wildman–Crippen MR) is 121 cm³/mol. The number of hydrogen-bond donors (Lipinski definition) is 0. The lowest BCUT2D eigenvalue weighted by Gasteiger charge is -2.23. The average Bonchev–Trinajstić information content (AvgIpc) is 2.75. The minimum Gasteiger partial charge on any atom is -0.466 e. The molecule has 0 aliphatic heterocycles. The number of benzene rings is 2. The van der Waals surface area contributed by atoms with Gasteiger partial charge in [-0.25, -0.2) is 19.2 Å². The van der Waals surface area contributed by atoms with E-state index < -0.39 is 36.1 Å². The molecule has 1 unspecified atom stereocenters. The zero-order chi connectivity index (χ0) is 22.3. The first-order chi connectivity index (χ1) is 14.3. The van der Waals surface area contributed by atoms with E-state index >= 15 is 0 Å². The first-order valence-corrected chi connectivity index (χ1v) is 10.5. The third kappa shape index (κ3) is 5.90. The van der Waals surface area contributed by atoms with Crippen LogP contribution in [-0.2, 0) is 28.5 Å². The maximum absolute atomic E-state index is 12.6. The molecular weight excluding hydrogens is 622 g/mol. The summed E-state index contributed by atoms with van der Waals surface area (Å²) < 4.78 is 20.9. The monoisotopic (exact) mass is 638 g/mol. The topological polar surface area (TPSA) is 105 Å². The van der Waals surface area contributed by atoms with E-state index in [0.717, 1.165) is 14.2 Å². The summed E-state index contributed by atoms with van der Waals surface area (Å²) in [6, 6.07) is 13.0. The number of carbonyl (C=O) groups excluding carboxylic acids is 4. The second-order valence-corrected chi connectivity index (χ2v) is 7.98. The molecule has 0 saturated heterocycles. The van der Waals surface area contributed by atoms with Crippen molar-refractivity contribution in [3.8, 4) is 0 Å². The molecule has 2 aromatic rings. The van der Waals surface area contributed by atoms with Gasteiger partial charge in [-0.15, -0.1) is 0 Å². The second kappa shape index (κ2) is 11.2. The Morgan fingerprint density at radius 3 is 1.30 bits per heavy atom. The lowest BCUT2D eigenvalue weighted by atomic mass is 10.1.